The lowest BCUT2D eigenvalue weighted by atomic mass is 10.0. The zero-order valence-corrected chi connectivity index (χ0v) is 8.58. The van der Waals surface area contributed by atoms with Crippen molar-refractivity contribution in [3.63, 3.8) is 0 Å². The summed E-state index contributed by atoms with van der Waals surface area (Å²) in [5, 5.41) is 9.87. The van der Waals surface area contributed by atoms with E-state index in [1.54, 1.807) is 13.0 Å². The van der Waals surface area contributed by atoms with Crippen molar-refractivity contribution in [2.45, 2.75) is 13.0 Å². The van der Waals surface area contributed by atoms with Gasteiger partial charge in [-0.15, -0.1) is 0 Å². The highest BCUT2D eigenvalue weighted by Crippen LogP contribution is 2.28. The first kappa shape index (κ1) is 10.8. The SMILES string of the molecule is Cc1ccoc1C(O)c1cccc(F)c1F. The standard InChI is InChI=1S/C12H10F2O2/c1-7-5-6-16-12(7)11(15)8-3-2-4-9(13)10(8)14/h2-6,11,15H,1H3. The van der Waals surface area contributed by atoms with E-state index in [1.807, 2.05) is 0 Å². The van der Waals surface area contributed by atoms with Crippen LogP contribution < -0.4 is 0 Å². The Kier molecular flexibility index (Phi) is 2.75. The predicted molar refractivity (Wildman–Crippen MR) is 53.9 cm³/mol. The number of hydrogen-bond donors (Lipinski definition) is 1. The maximum Gasteiger partial charge on any atom is 0.165 e. The number of hydrogen-bond acceptors (Lipinski definition) is 2. The number of aliphatic hydroxyl groups is 1. The molecule has 2 aromatic rings. The van der Waals surface area contributed by atoms with Crippen molar-refractivity contribution in [2.24, 2.45) is 0 Å². The Balaban J connectivity index is 2.46. The third-order valence-corrected chi connectivity index (χ3v) is 2.43. The molecule has 2 nitrogen and oxygen atoms in total. The lowest BCUT2D eigenvalue weighted by Gasteiger charge is -2.10. The van der Waals surface area contributed by atoms with Crippen LogP contribution in [-0.4, -0.2) is 5.11 Å². The van der Waals surface area contributed by atoms with Gasteiger partial charge < -0.3 is 9.52 Å². The maximum absolute atomic E-state index is 13.4. The number of halogens is 2. The van der Waals surface area contributed by atoms with Gasteiger partial charge in [0.15, 0.2) is 11.6 Å². The van der Waals surface area contributed by atoms with Crippen molar-refractivity contribution >= 4 is 0 Å². The van der Waals surface area contributed by atoms with Gasteiger partial charge in [-0.2, -0.15) is 0 Å². The minimum Gasteiger partial charge on any atom is -0.466 e. The van der Waals surface area contributed by atoms with E-state index in [9.17, 15) is 13.9 Å². The average molecular weight is 224 g/mol. The highest BCUT2D eigenvalue weighted by molar-refractivity contribution is 5.30. The van der Waals surface area contributed by atoms with E-state index < -0.39 is 17.7 Å². The van der Waals surface area contributed by atoms with Gasteiger partial charge in [0.2, 0.25) is 0 Å². The highest BCUT2D eigenvalue weighted by atomic mass is 19.2. The molecule has 16 heavy (non-hydrogen) atoms. The van der Waals surface area contributed by atoms with Crippen LogP contribution in [0.4, 0.5) is 8.78 Å². The van der Waals surface area contributed by atoms with E-state index in [0.717, 1.165) is 6.07 Å². The molecule has 4 heteroatoms. The van der Waals surface area contributed by atoms with E-state index >= 15 is 0 Å². The van der Waals surface area contributed by atoms with Gasteiger partial charge in [0.1, 0.15) is 11.9 Å². The van der Waals surface area contributed by atoms with Gasteiger partial charge in [-0.3, -0.25) is 0 Å². The molecule has 0 saturated carbocycles. The largest absolute Gasteiger partial charge is 0.466 e. The number of furan rings is 1. The molecule has 0 radical (unpaired) electrons. The van der Waals surface area contributed by atoms with Crippen LogP contribution in [0.25, 0.3) is 0 Å². The van der Waals surface area contributed by atoms with Crippen LogP contribution in [0.5, 0.6) is 0 Å². The van der Waals surface area contributed by atoms with Crippen LogP contribution in [0.1, 0.15) is 23.0 Å². The number of aryl methyl sites for hydroxylation is 1. The van der Waals surface area contributed by atoms with E-state index in [4.69, 9.17) is 4.42 Å². The van der Waals surface area contributed by atoms with Gasteiger partial charge >= 0.3 is 0 Å². The van der Waals surface area contributed by atoms with Gasteiger partial charge in [-0.1, -0.05) is 12.1 Å². The average Bonchev–Trinajstić information content (AvgIpc) is 2.68. The summed E-state index contributed by atoms with van der Waals surface area (Å²) in [6, 6.07) is 5.32. The van der Waals surface area contributed by atoms with Crippen LogP contribution >= 0.6 is 0 Å². The fourth-order valence-electron chi connectivity index (χ4n) is 1.54. The maximum atomic E-state index is 13.4. The first-order chi connectivity index (χ1) is 7.61. The van der Waals surface area contributed by atoms with Gasteiger partial charge in [0.05, 0.1) is 6.26 Å². The molecule has 0 bridgehead atoms. The molecule has 0 amide bonds. The molecule has 1 heterocycles. The summed E-state index contributed by atoms with van der Waals surface area (Å²) in [7, 11) is 0. The third-order valence-electron chi connectivity index (χ3n) is 2.43. The Hall–Kier alpha value is -1.68. The summed E-state index contributed by atoms with van der Waals surface area (Å²) < 4.78 is 31.4. The minimum atomic E-state index is -1.29. The van der Waals surface area contributed by atoms with E-state index in [1.165, 1.54) is 18.4 Å². The summed E-state index contributed by atoms with van der Waals surface area (Å²) >= 11 is 0. The first-order valence-electron chi connectivity index (χ1n) is 4.77. The molecule has 0 fully saturated rings. The van der Waals surface area contributed by atoms with Gasteiger partial charge in [0, 0.05) is 5.56 Å². The normalized spacial score (nSPS) is 12.8. The smallest absolute Gasteiger partial charge is 0.165 e. The Morgan fingerprint density at radius 3 is 2.62 bits per heavy atom. The first-order valence-corrected chi connectivity index (χ1v) is 4.77. The molecule has 84 valence electrons. The molecular weight excluding hydrogens is 214 g/mol. The second-order valence-corrected chi connectivity index (χ2v) is 3.51. The molecule has 0 spiro atoms. The third kappa shape index (κ3) is 1.72. The van der Waals surface area contributed by atoms with Gasteiger partial charge in [-0.05, 0) is 24.6 Å². The van der Waals surface area contributed by atoms with Crippen molar-refractivity contribution in [1.29, 1.82) is 0 Å². The molecule has 0 aliphatic heterocycles. The summed E-state index contributed by atoms with van der Waals surface area (Å²) in [4.78, 5) is 0. The highest BCUT2D eigenvalue weighted by Gasteiger charge is 2.21. The van der Waals surface area contributed by atoms with Crippen LogP contribution in [0.3, 0.4) is 0 Å². The van der Waals surface area contributed by atoms with Gasteiger partial charge in [-0.25, -0.2) is 8.78 Å². The van der Waals surface area contributed by atoms with E-state index in [-0.39, 0.29) is 11.3 Å². The number of benzene rings is 1. The van der Waals surface area contributed by atoms with Crippen LogP contribution in [0.2, 0.25) is 0 Å². The number of aliphatic hydroxyl groups excluding tert-OH is 1. The number of rotatable bonds is 2. The predicted octanol–water partition coefficient (Wildman–Crippen LogP) is 2.95. The fourth-order valence-corrected chi connectivity index (χ4v) is 1.54. The topological polar surface area (TPSA) is 33.4 Å². The monoisotopic (exact) mass is 224 g/mol. The fraction of sp³-hybridized carbons (Fsp3) is 0.167. The van der Waals surface area contributed by atoms with E-state index in [0.29, 0.717) is 5.56 Å². The van der Waals surface area contributed by atoms with Gasteiger partial charge in [0.25, 0.3) is 0 Å². The summed E-state index contributed by atoms with van der Waals surface area (Å²) in [6.45, 7) is 1.72. The Bertz CT molecular complexity index is 505. The van der Waals surface area contributed by atoms with E-state index in [2.05, 4.69) is 0 Å². The molecule has 0 aliphatic rings. The lowest BCUT2D eigenvalue weighted by Crippen LogP contribution is -2.04. The van der Waals surface area contributed by atoms with Crippen molar-refractivity contribution < 1.29 is 18.3 Å². The molecule has 1 N–H and O–H groups in total. The summed E-state index contributed by atoms with van der Waals surface area (Å²) in [5.41, 5.74) is 0.564. The van der Waals surface area contributed by atoms with Crippen molar-refractivity contribution in [1.82, 2.24) is 0 Å². The Labute approximate surface area is 91.1 Å². The second-order valence-electron chi connectivity index (χ2n) is 3.51. The van der Waals surface area contributed by atoms with Crippen molar-refractivity contribution in [3.05, 3.63) is 59.1 Å². The molecule has 0 saturated heterocycles. The molecule has 0 aliphatic carbocycles. The molecule has 1 unspecified atom stereocenters. The van der Waals surface area contributed by atoms with Crippen molar-refractivity contribution in [3.8, 4) is 0 Å². The quantitative estimate of drug-likeness (QED) is 0.850. The molecule has 1 atom stereocenters. The molecular formula is C12H10F2O2. The molecule has 2 rings (SSSR count). The van der Waals surface area contributed by atoms with Crippen LogP contribution in [-0.2, 0) is 0 Å². The summed E-state index contributed by atoms with van der Waals surface area (Å²) in [6.07, 6.45) is 0.108. The lowest BCUT2D eigenvalue weighted by molar-refractivity contribution is 0.182. The summed E-state index contributed by atoms with van der Waals surface area (Å²) in [5.74, 6) is -1.81. The zero-order valence-electron chi connectivity index (χ0n) is 8.58. The zero-order chi connectivity index (χ0) is 11.7. The Morgan fingerprint density at radius 2 is 2.00 bits per heavy atom. The molecule has 1 aromatic heterocycles. The second kappa shape index (κ2) is 4.06. The van der Waals surface area contributed by atoms with Crippen molar-refractivity contribution in [2.75, 3.05) is 0 Å². The minimum absolute atomic E-state index is 0.127. The Morgan fingerprint density at radius 1 is 1.25 bits per heavy atom. The van der Waals surface area contributed by atoms with Crippen LogP contribution in [0.15, 0.2) is 34.9 Å². The van der Waals surface area contributed by atoms with Crippen LogP contribution in [0, 0.1) is 18.6 Å². The molecule has 1 aromatic carbocycles.